The molecule has 3 aromatic heterocycles. The van der Waals surface area contributed by atoms with Crippen molar-refractivity contribution in [2.75, 3.05) is 12.0 Å². The lowest BCUT2D eigenvalue weighted by molar-refractivity contribution is -0.184. The van der Waals surface area contributed by atoms with Crippen molar-refractivity contribution >= 4 is 45.2 Å². The molecule has 1 amide bonds. The summed E-state index contributed by atoms with van der Waals surface area (Å²) in [5.41, 5.74) is 3.10. The van der Waals surface area contributed by atoms with Gasteiger partial charge in [0.25, 0.3) is 0 Å². The third kappa shape index (κ3) is 5.47. The summed E-state index contributed by atoms with van der Waals surface area (Å²) < 4.78 is 46.5. The number of methoxy groups -OCH3 is 1. The van der Waals surface area contributed by atoms with Gasteiger partial charge in [-0.1, -0.05) is 24.3 Å². The van der Waals surface area contributed by atoms with Gasteiger partial charge in [-0.3, -0.25) is 9.20 Å². The van der Waals surface area contributed by atoms with Crippen molar-refractivity contribution < 1.29 is 27.5 Å². The number of hydrogen-bond acceptors (Lipinski definition) is 6. The largest absolute Gasteiger partial charge is 0.465 e. The van der Waals surface area contributed by atoms with Crippen LogP contribution >= 0.6 is 22.7 Å². The number of nitrogens with zero attached hydrogens (tertiary/aromatic N) is 3. The Balaban J connectivity index is 1.43. The number of carbonyl (C=O) groups excluding carboxylic acids is 2. The van der Waals surface area contributed by atoms with Gasteiger partial charge in [0.05, 0.1) is 24.4 Å². The van der Waals surface area contributed by atoms with Gasteiger partial charge in [-0.25, -0.2) is 9.78 Å². The Kier molecular flexibility index (Phi) is 7.56. The molecule has 0 radical (unpaired) electrons. The Morgan fingerprint density at radius 3 is 2.36 bits per heavy atom. The third-order valence-electron chi connectivity index (χ3n) is 7.19. The number of thiazole rings is 1. The van der Waals surface area contributed by atoms with Gasteiger partial charge in [-0.15, -0.1) is 22.7 Å². The van der Waals surface area contributed by atoms with Crippen LogP contribution in [0.3, 0.4) is 0 Å². The minimum absolute atomic E-state index is 0.0638. The van der Waals surface area contributed by atoms with Crippen molar-refractivity contribution in [1.29, 1.82) is 0 Å². The molecule has 1 aliphatic carbocycles. The normalized spacial score (nSPS) is 18.0. The first-order chi connectivity index (χ1) is 18.6. The van der Waals surface area contributed by atoms with Crippen LogP contribution in [0.4, 0.5) is 18.9 Å². The van der Waals surface area contributed by atoms with Crippen LogP contribution in [0.1, 0.15) is 49.2 Å². The number of ether oxygens (including phenoxy) is 1. The maximum absolute atomic E-state index is 13.6. The first-order valence-electron chi connectivity index (χ1n) is 12.7. The maximum atomic E-state index is 13.6. The molecule has 206 valence electrons. The summed E-state index contributed by atoms with van der Waals surface area (Å²) in [4.78, 5) is 34.6. The molecule has 3 heterocycles. The average Bonchev–Trinajstić information content (AvgIpc) is 3.63. The molecule has 1 aromatic carbocycles. The molecule has 1 aliphatic rings. The highest BCUT2D eigenvalue weighted by molar-refractivity contribution is 7.18. The van der Waals surface area contributed by atoms with Gasteiger partial charge >= 0.3 is 12.1 Å². The minimum Gasteiger partial charge on any atom is -0.465 e. The monoisotopic (exact) mass is 575 g/mol. The molecular weight excluding hydrogens is 547 g/mol. The second-order valence-corrected chi connectivity index (χ2v) is 11.9. The van der Waals surface area contributed by atoms with Gasteiger partial charge < -0.3 is 9.64 Å². The molecular formula is C28H28F3N3O3S2. The van der Waals surface area contributed by atoms with Crippen LogP contribution in [0.2, 0.25) is 0 Å². The number of aromatic nitrogens is 2. The van der Waals surface area contributed by atoms with Crippen molar-refractivity contribution in [2.45, 2.75) is 51.7 Å². The second-order valence-electron chi connectivity index (χ2n) is 10.0. The number of carbonyl (C=O) groups is 2. The van der Waals surface area contributed by atoms with Crippen LogP contribution in [-0.2, 0) is 9.53 Å². The predicted molar refractivity (Wildman–Crippen MR) is 147 cm³/mol. The SMILES string of the molecule is COC(=O)c1sc(-c2ccc(-c3cn4ccsc4n3)cc2)cc1N(C(=O)[C@H]1CC[C@H](C(F)(F)F)CC1)C(C)C. The fourth-order valence-electron chi connectivity index (χ4n) is 5.13. The van der Waals surface area contributed by atoms with Crippen LogP contribution in [0.5, 0.6) is 0 Å². The average molecular weight is 576 g/mol. The zero-order valence-corrected chi connectivity index (χ0v) is 23.3. The van der Waals surface area contributed by atoms with Gasteiger partial charge in [0.2, 0.25) is 5.91 Å². The van der Waals surface area contributed by atoms with E-state index in [1.54, 1.807) is 22.3 Å². The third-order valence-corrected chi connectivity index (χ3v) is 9.12. The molecule has 1 saturated carbocycles. The van der Waals surface area contributed by atoms with Crippen molar-refractivity contribution in [3.63, 3.8) is 0 Å². The van der Waals surface area contributed by atoms with Crippen LogP contribution in [-0.4, -0.2) is 40.6 Å². The number of alkyl halides is 3. The number of hydrogen-bond donors (Lipinski definition) is 0. The first-order valence-corrected chi connectivity index (χ1v) is 14.4. The molecule has 0 spiro atoms. The van der Waals surface area contributed by atoms with Crippen molar-refractivity contribution in [3.8, 4) is 21.7 Å². The van der Waals surface area contributed by atoms with E-state index in [-0.39, 0.29) is 42.5 Å². The number of benzene rings is 1. The molecule has 39 heavy (non-hydrogen) atoms. The Bertz CT molecular complexity index is 1450. The van der Waals surface area contributed by atoms with E-state index in [1.807, 2.05) is 60.3 Å². The fraction of sp³-hybridized carbons (Fsp3) is 0.393. The summed E-state index contributed by atoms with van der Waals surface area (Å²) in [6.45, 7) is 3.67. The number of imidazole rings is 1. The quantitative estimate of drug-likeness (QED) is 0.221. The van der Waals surface area contributed by atoms with E-state index in [0.29, 0.717) is 5.69 Å². The van der Waals surface area contributed by atoms with E-state index in [4.69, 9.17) is 4.74 Å². The molecule has 1 fully saturated rings. The van der Waals surface area contributed by atoms with Crippen molar-refractivity contribution in [1.82, 2.24) is 9.38 Å². The Hall–Kier alpha value is -3.18. The number of fused-ring (bicyclic) bond motifs is 1. The molecule has 4 aromatic rings. The number of anilines is 1. The summed E-state index contributed by atoms with van der Waals surface area (Å²) >= 11 is 2.79. The Labute approximate surface area is 232 Å². The van der Waals surface area contributed by atoms with Crippen LogP contribution < -0.4 is 4.90 Å². The van der Waals surface area contributed by atoms with E-state index in [2.05, 4.69) is 4.98 Å². The molecule has 0 saturated heterocycles. The van der Waals surface area contributed by atoms with Crippen molar-refractivity contribution in [2.24, 2.45) is 11.8 Å². The van der Waals surface area contributed by atoms with Crippen LogP contribution in [0.15, 0.2) is 48.1 Å². The number of rotatable bonds is 6. The van der Waals surface area contributed by atoms with Gasteiger partial charge in [-0.2, -0.15) is 13.2 Å². The summed E-state index contributed by atoms with van der Waals surface area (Å²) in [7, 11) is 1.29. The number of thiophene rings is 1. The molecule has 0 N–H and O–H groups in total. The smallest absolute Gasteiger partial charge is 0.391 e. The number of esters is 1. The van der Waals surface area contributed by atoms with Gasteiger partial charge in [-0.05, 0) is 51.2 Å². The van der Waals surface area contributed by atoms with E-state index in [9.17, 15) is 22.8 Å². The standard InChI is InChI=1S/C28H28F3N3O3S2/c1-16(2)34(25(35)19-8-10-20(11-9-19)28(29,30)31)22-14-23(39-24(22)26(36)37-3)18-6-4-17(5-7-18)21-15-33-12-13-38-27(33)32-21/h4-7,12-16,19-20H,8-11H2,1-3H3/t19-,20-. The molecule has 5 rings (SSSR count). The summed E-state index contributed by atoms with van der Waals surface area (Å²) in [6.07, 6.45) is -0.106. The highest BCUT2D eigenvalue weighted by Crippen LogP contribution is 2.43. The lowest BCUT2D eigenvalue weighted by Gasteiger charge is -2.34. The second kappa shape index (κ2) is 10.8. The van der Waals surface area contributed by atoms with E-state index >= 15 is 0 Å². The lowest BCUT2D eigenvalue weighted by Crippen LogP contribution is -2.43. The number of amides is 1. The molecule has 0 aliphatic heterocycles. The van der Waals surface area contributed by atoms with Crippen LogP contribution in [0, 0.1) is 11.8 Å². The highest BCUT2D eigenvalue weighted by atomic mass is 32.1. The molecule has 0 bridgehead atoms. The van der Waals surface area contributed by atoms with Crippen LogP contribution in [0.25, 0.3) is 26.7 Å². The van der Waals surface area contributed by atoms with Gasteiger partial charge in [0.15, 0.2) is 4.96 Å². The van der Waals surface area contributed by atoms with E-state index in [1.165, 1.54) is 18.4 Å². The molecule has 0 atom stereocenters. The minimum atomic E-state index is -4.24. The first kappa shape index (κ1) is 27.4. The molecule has 6 nitrogen and oxygen atoms in total. The van der Waals surface area contributed by atoms with E-state index in [0.717, 1.165) is 26.7 Å². The number of halogens is 3. The Morgan fingerprint density at radius 2 is 1.77 bits per heavy atom. The predicted octanol–water partition coefficient (Wildman–Crippen LogP) is 7.69. The molecule has 11 heteroatoms. The fourth-order valence-corrected chi connectivity index (χ4v) is 6.90. The summed E-state index contributed by atoms with van der Waals surface area (Å²) in [5.74, 6) is -2.71. The highest BCUT2D eigenvalue weighted by Gasteiger charge is 2.43. The summed E-state index contributed by atoms with van der Waals surface area (Å²) in [6, 6.07) is 9.31. The van der Waals surface area contributed by atoms with Crippen molar-refractivity contribution in [3.05, 3.63) is 53.0 Å². The topological polar surface area (TPSA) is 63.9 Å². The zero-order chi connectivity index (χ0) is 27.9. The maximum Gasteiger partial charge on any atom is 0.391 e. The lowest BCUT2D eigenvalue weighted by atomic mass is 9.81. The molecule has 0 unspecified atom stereocenters. The summed E-state index contributed by atoms with van der Waals surface area (Å²) in [5, 5.41) is 1.97. The zero-order valence-electron chi connectivity index (χ0n) is 21.7. The van der Waals surface area contributed by atoms with E-state index < -0.39 is 24.0 Å². The van der Waals surface area contributed by atoms with Gasteiger partial charge in [0, 0.05) is 40.2 Å². The van der Waals surface area contributed by atoms with Gasteiger partial charge in [0.1, 0.15) is 4.88 Å². The Morgan fingerprint density at radius 1 is 1.10 bits per heavy atom.